The molecule has 0 saturated heterocycles. The van der Waals surface area contributed by atoms with Crippen LogP contribution in [0.3, 0.4) is 0 Å². The van der Waals surface area contributed by atoms with Crippen molar-refractivity contribution in [2.75, 3.05) is 29.0 Å². The number of sulfonamides is 1. The smallest absolute Gasteiger partial charge is 0.338 e. The normalized spacial score (nSPS) is 11.1. The van der Waals surface area contributed by atoms with Gasteiger partial charge in [0.05, 0.1) is 24.1 Å². The maximum atomic E-state index is 14.0. The molecule has 0 atom stereocenters. The molecule has 0 unspecified atom stereocenters. The average Bonchev–Trinajstić information content (AvgIpc) is 2.61. The van der Waals surface area contributed by atoms with Crippen LogP contribution in [0.2, 0.25) is 0 Å². The Morgan fingerprint density at radius 2 is 1.83 bits per heavy atom. The van der Waals surface area contributed by atoms with Gasteiger partial charge in [0.1, 0.15) is 18.2 Å². The SMILES string of the molecule is CCOC(=O)c1ccc(NC(=O)CN(c2ccc(F)cc2F)S(C)(=O)=O)c(C)c1. The second-order valence-corrected chi connectivity index (χ2v) is 8.07. The van der Waals surface area contributed by atoms with Crippen molar-refractivity contribution in [3.63, 3.8) is 0 Å². The van der Waals surface area contributed by atoms with Crippen LogP contribution in [0.25, 0.3) is 0 Å². The zero-order chi connectivity index (χ0) is 21.8. The standard InChI is InChI=1S/C19H20F2N2O5S/c1-4-28-19(25)13-5-7-16(12(2)9-13)22-18(24)11-23(29(3,26)27)17-8-6-14(20)10-15(17)21/h5-10H,4,11H2,1-3H3,(H,22,24). The minimum atomic E-state index is -4.03. The fraction of sp³-hybridized carbons (Fsp3) is 0.263. The van der Waals surface area contributed by atoms with Gasteiger partial charge in [0, 0.05) is 11.8 Å². The summed E-state index contributed by atoms with van der Waals surface area (Å²) in [5.41, 5.74) is 0.741. The van der Waals surface area contributed by atoms with Crippen LogP contribution in [-0.4, -0.2) is 39.7 Å². The van der Waals surface area contributed by atoms with E-state index in [1.165, 1.54) is 18.2 Å². The summed E-state index contributed by atoms with van der Waals surface area (Å²) in [6, 6.07) is 6.81. The van der Waals surface area contributed by atoms with Crippen molar-refractivity contribution in [3.8, 4) is 0 Å². The van der Waals surface area contributed by atoms with Crippen molar-refractivity contribution in [1.29, 1.82) is 0 Å². The number of ether oxygens (including phenoxy) is 1. The molecule has 0 aliphatic heterocycles. The lowest BCUT2D eigenvalue weighted by Gasteiger charge is -2.22. The lowest BCUT2D eigenvalue weighted by atomic mass is 10.1. The second kappa shape index (κ2) is 8.99. The number of anilines is 2. The van der Waals surface area contributed by atoms with Crippen molar-refractivity contribution in [1.82, 2.24) is 0 Å². The number of amides is 1. The van der Waals surface area contributed by atoms with Gasteiger partial charge in [0.15, 0.2) is 0 Å². The highest BCUT2D eigenvalue weighted by atomic mass is 32.2. The van der Waals surface area contributed by atoms with Crippen molar-refractivity contribution < 1.29 is 31.5 Å². The van der Waals surface area contributed by atoms with E-state index in [0.717, 1.165) is 18.4 Å². The number of hydrogen-bond donors (Lipinski definition) is 1. The molecule has 29 heavy (non-hydrogen) atoms. The predicted molar refractivity (Wildman–Crippen MR) is 104 cm³/mol. The molecule has 0 fully saturated rings. The van der Waals surface area contributed by atoms with Crippen LogP contribution >= 0.6 is 0 Å². The number of benzene rings is 2. The van der Waals surface area contributed by atoms with Gasteiger partial charge in [-0.3, -0.25) is 9.10 Å². The van der Waals surface area contributed by atoms with Crippen LogP contribution in [0.4, 0.5) is 20.2 Å². The van der Waals surface area contributed by atoms with E-state index in [9.17, 15) is 26.8 Å². The summed E-state index contributed by atoms with van der Waals surface area (Å²) in [5.74, 6) is -3.24. The third-order valence-corrected chi connectivity index (χ3v) is 5.00. The van der Waals surface area contributed by atoms with Crippen LogP contribution in [-0.2, 0) is 19.6 Å². The Hall–Kier alpha value is -3.01. The number of nitrogens with one attached hydrogen (secondary N) is 1. The molecular weight excluding hydrogens is 406 g/mol. The Bertz CT molecular complexity index is 1040. The van der Waals surface area contributed by atoms with Crippen LogP contribution < -0.4 is 9.62 Å². The highest BCUT2D eigenvalue weighted by Crippen LogP contribution is 2.23. The zero-order valence-electron chi connectivity index (χ0n) is 16.0. The van der Waals surface area contributed by atoms with Crippen LogP contribution in [0.5, 0.6) is 0 Å². The van der Waals surface area contributed by atoms with Gasteiger partial charge >= 0.3 is 5.97 Å². The van der Waals surface area contributed by atoms with E-state index in [0.29, 0.717) is 27.2 Å². The number of hydrogen-bond acceptors (Lipinski definition) is 5. The molecule has 0 aliphatic carbocycles. The zero-order valence-corrected chi connectivity index (χ0v) is 16.8. The van der Waals surface area contributed by atoms with Crippen molar-refractivity contribution in [2.24, 2.45) is 0 Å². The molecule has 1 N–H and O–H groups in total. The van der Waals surface area contributed by atoms with E-state index in [4.69, 9.17) is 4.74 Å². The topological polar surface area (TPSA) is 92.8 Å². The highest BCUT2D eigenvalue weighted by molar-refractivity contribution is 7.92. The number of esters is 1. The summed E-state index contributed by atoms with van der Waals surface area (Å²) in [5, 5.41) is 2.52. The summed E-state index contributed by atoms with van der Waals surface area (Å²) >= 11 is 0. The number of nitrogens with zero attached hydrogens (tertiary/aromatic N) is 1. The van der Waals surface area contributed by atoms with E-state index >= 15 is 0 Å². The van der Waals surface area contributed by atoms with E-state index < -0.39 is 45.8 Å². The summed E-state index contributed by atoms with van der Waals surface area (Å²) in [4.78, 5) is 24.1. The largest absolute Gasteiger partial charge is 0.462 e. The number of carbonyl (C=O) groups is 2. The molecule has 2 aromatic carbocycles. The van der Waals surface area contributed by atoms with E-state index in [2.05, 4.69) is 5.32 Å². The molecule has 1 amide bonds. The number of aryl methyl sites for hydroxylation is 1. The van der Waals surface area contributed by atoms with Crippen molar-refractivity contribution >= 4 is 33.3 Å². The molecule has 156 valence electrons. The monoisotopic (exact) mass is 426 g/mol. The summed E-state index contributed by atoms with van der Waals surface area (Å²) in [6.07, 6.45) is 0.808. The minimum Gasteiger partial charge on any atom is -0.462 e. The molecule has 2 aromatic rings. The van der Waals surface area contributed by atoms with Gasteiger partial charge in [-0.25, -0.2) is 22.0 Å². The van der Waals surface area contributed by atoms with Crippen LogP contribution in [0.1, 0.15) is 22.8 Å². The van der Waals surface area contributed by atoms with Gasteiger partial charge in [-0.1, -0.05) is 0 Å². The maximum Gasteiger partial charge on any atom is 0.338 e. The Kier molecular flexibility index (Phi) is 6.91. The van der Waals surface area contributed by atoms with Crippen molar-refractivity contribution in [3.05, 3.63) is 59.2 Å². The van der Waals surface area contributed by atoms with Gasteiger partial charge in [-0.05, 0) is 49.7 Å². The first-order valence-electron chi connectivity index (χ1n) is 8.53. The number of halogens is 2. The van der Waals surface area contributed by atoms with Gasteiger partial charge in [0.25, 0.3) is 0 Å². The van der Waals surface area contributed by atoms with E-state index in [-0.39, 0.29) is 6.61 Å². The van der Waals surface area contributed by atoms with Crippen LogP contribution in [0.15, 0.2) is 36.4 Å². The molecule has 7 nitrogen and oxygen atoms in total. The molecular formula is C19H20F2N2O5S. The molecule has 0 aromatic heterocycles. The average molecular weight is 426 g/mol. The second-order valence-electron chi connectivity index (χ2n) is 6.16. The first kappa shape index (κ1) is 22.3. The quantitative estimate of drug-likeness (QED) is 0.688. The molecule has 0 bridgehead atoms. The molecule has 0 aliphatic rings. The maximum absolute atomic E-state index is 14.0. The first-order valence-corrected chi connectivity index (χ1v) is 10.4. The lowest BCUT2D eigenvalue weighted by molar-refractivity contribution is -0.114. The molecule has 0 spiro atoms. The third-order valence-electron chi connectivity index (χ3n) is 3.88. The fourth-order valence-electron chi connectivity index (χ4n) is 2.53. The molecule has 10 heteroatoms. The summed E-state index contributed by atoms with van der Waals surface area (Å²) in [6.45, 7) is 2.82. The summed E-state index contributed by atoms with van der Waals surface area (Å²) in [7, 11) is -4.03. The first-order chi connectivity index (χ1) is 13.5. The Morgan fingerprint density at radius 3 is 2.38 bits per heavy atom. The third kappa shape index (κ3) is 5.74. The van der Waals surface area contributed by atoms with Gasteiger partial charge in [-0.15, -0.1) is 0 Å². The predicted octanol–water partition coefficient (Wildman–Crippen LogP) is 2.85. The molecule has 0 heterocycles. The van der Waals surface area contributed by atoms with Crippen LogP contribution in [0, 0.1) is 18.6 Å². The molecule has 2 rings (SSSR count). The highest BCUT2D eigenvalue weighted by Gasteiger charge is 2.24. The molecule has 0 radical (unpaired) electrons. The Morgan fingerprint density at radius 1 is 1.14 bits per heavy atom. The van der Waals surface area contributed by atoms with E-state index in [1.807, 2.05) is 0 Å². The van der Waals surface area contributed by atoms with Gasteiger partial charge < -0.3 is 10.1 Å². The minimum absolute atomic E-state index is 0.220. The lowest BCUT2D eigenvalue weighted by Crippen LogP contribution is -2.38. The van der Waals surface area contributed by atoms with Gasteiger partial charge in [0.2, 0.25) is 15.9 Å². The number of rotatable bonds is 7. The Balaban J connectivity index is 2.22. The molecule has 0 saturated carbocycles. The van der Waals surface area contributed by atoms with Gasteiger partial charge in [-0.2, -0.15) is 0 Å². The Labute approximate surface area is 167 Å². The van der Waals surface area contributed by atoms with Crippen molar-refractivity contribution in [2.45, 2.75) is 13.8 Å². The fourth-order valence-corrected chi connectivity index (χ4v) is 3.39. The summed E-state index contributed by atoms with van der Waals surface area (Å²) < 4.78 is 56.7. The number of carbonyl (C=O) groups excluding carboxylic acids is 2. The van der Waals surface area contributed by atoms with E-state index in [1.54, 1.807) is 13.8 Å².